The third-order valence-corrected chi connectivity index (χ3v) is 9.02. The van der Waals surface area contributed by atoms with E-state index in [0.29, 0.717) is 0 Å². The van der Waals surface area contributed by atoms with Crippen LogP contribution in [0.25, 0.3) is 27.8 Å². The second kappa shape index (κ2) is 15.9. The summed E-state index contributed by atoms with van der Waals surface area (Å²) < 4.78 is 2.43. The number of aryl methyl sites for hydroxylation is 3. The molecule has 0 amide bonds. The Balaban J connectivity index is 1.36. The Morgan fingerprint density at radius 1 is 0.841 bits per heavy atom. The minimum atomic E-state index is 0.756. The summed E-state index contributed by atoms with van der Waals surface area (Å²) in [6.45, 7) is 11.0. The molecule has 1 atom stereocenters. The second-order valence-corrected chi connectivity index (χ2v) is 12.8. The van der Waals surface area contributed by atoms with E-state index in [-0.39, 0.29) is 0 Å². The lowest BCUT2D eigenvalue weighted by Gasteiger charge is -2.18. The van der Waals surface area contributed by atoms with E-state index >= 15 is 0 Å². The third kappa shape index (κ3) is 8.30. The molecule has 4 nitrogen and oxygen atoms in total. The lowest BCUT2D eigenvalue weighted by molar-refractivity contribution is 0.421. The van der Waals surface area contributed by atoms with E-state index in [4.69, 9.17) is 0 Å². The quantitative estimate of drug-likeness (QED) is 0.106. The van der Waals surface area contributed by atoms with Crippen LogP contribution in [-0.2, 0) is 19.3 Å². The first-order chi connectivity index (χ1) is 21.6. The molecule has 3 aromatic heterocycles. The maximum absolute atomic E-state index is 4.25. The van der Waals surface area contributed by atoms with Crippen LogP contribution in [0, 0.1) is 19.8 Å². The second-order valence-electron chi connectivity index (χ2n) is 12.8. The number of H-pyrrole nitrogens is 1. The Morgan fingerprint density at radius 3 is 2.48 bits per heavy atom. The summed E-state index contributed by atoms with van der Waals surface area (Å²) in [6.07, 6.45) is 18.2. The first-order valence-corrected chi connectivity index (χ1v) is 17.0. The SMILES string of the molecule is CCCCC(CCC)Cc1cccn1-c1ccc2[nH]c(-c3cc(C)cc(C)c3)c(CCNCCCCc3cccnc3)c2c1. The number of benzene rings is 2. The maximum atomic E-state index is 4.25. The zero-order valence-electron chi connectivity index (χ0n) is 27.5. The van der Waals surface area contributed by atoms with Crippen molar-refractivity contribution in [2.75, 3.05) is 13.1 Å². The van der Waals surface area contributed by atoms with E-state index in [2.05, 4.69) is 108 Å². The van der Waals surface area contributed by atoms with Crippen LogP contribution < -0.4 is 5.32 Å². The molecule has 1 unspecified atom stereocenters. The fraction of sp³-hybridized carbons (Fsp3) is 0.425. The van der Waals surface area contributed by atoms with Gasteiger partial charge >= 0.3 is 0 Å². The molecule has 0 saturated carbocycles. The Hall–Kier alpha value is -3.63. The van der Waals surface area contributed by atoms with Crippen molar-refractivity contribution in [3.63, 3.8) is 0 Å². The van der Waals surface area contributed by atoms with Gasteiger partial charge in [0.1, 0.15) is 0 Å². The predicted octanol–water partition coefficient (Wildman–Crippen LogP) is 9.94. The number of fused-ring (bicyclic) bond motifs is 1. The molecule has 4 heteroatoms. The Kier molecular flexibility index (Phi) is 11.5. The van der Waals surface area contributed by atoms with Gasteiger partial charge in [-0.25, -0.2) is 0 Å². The minimum Gasteiger partial charge on any atom is -0.354 e. The average Bonchev–Trinajstić information content (AvgIpc) is 3.63. The molecule has 5 rings (SSSR count). The Morgan fingerprint density at radius 2 is 1.70 bits per heavy atom. The van der Waals surface area contributed by atoms with Gasteiger partial charge in [-0.15, -0.1) is 0 Å². The molecule has 2 N–H and O–H groups in total. The van der Waals surface area contributed by atoms with Gasteiger partial charge in [-0.3, -0.25) is 4.98 Å². The monoisotopic (exact) mass is 588 g/mol. The van der Waals surface area contributed by atoms with Gasteiger partial charge in [0, 0.05) is 46.6 Å². The molecule has 0 saturated heterocycles. The molecule has 2 aromatic carbocycles. The lowest BCUT2D eigenvalue weighted by atomic mass is 9.92. The molecule has 5 aromatic rings. The number of hydrogen-bond donors (Lipinski definition) is 2. The zero-order valence-corrected chi connectivity index (χ0v) is 27.5. The highest BCUT2D eigenvalue weighted by Gasteiger charge is 2.17. The van der Waals surface area contributed by atoms with Gasteiger partial charge in [-0.1, -0.05) is 69.2 Å². The van der Waals surface area contributed by atoms with Gasteiger partial charge in [0.2, 0.25) is 0 Å². The van der Waals surface area contributed by atoms with Gasteiger partial charge in [0.25, 0.3) is 0 Å². The van der Waals surface area contributed by atoms with Gasteiger partial charge in [-0.2, -0.15) is 0 Å². The number of unbranched alkanes of at least 4 members (excludes halogenated alkanes) is 2. The highest BCUT2D eigenvalue weighted by molar-refractivity contribution is 5.92. The first kappa shape index (κ1) is 31.8. The largest absolute Gasteiger partial charge is 0.354 e. The normalized spacial score (nSPS) is 12.3. The number of nitrogens with zero attached hydrogens (tertiary/aromatic N) is 2. The Labute approximate surface area is 265 Å². The number of aromatic nitrogens is 3. The molecule has 0 bridgehead atoms. The summed E-state index contributed by atoms with van der Waals surface area (Å²) >= 11 is 0. The van der Waals surface area contributed by atoms with Gasteiger partial charge in [0.05, 0.1) is 0 Å². The number of pyridine rings is 1. The van der Waals surface area contributed by atoms with Gasteiger partial charge in [-0.05, 0) is 130 Å². The van der Waals surface area contributed by atoms with Crippen molar-refractivity contribution < 1.29 is 0 Å². The third-order valence-electron chi connectivity index (χ3n) is 9.02. The molecule has 0 radical (unpaired) electrons. The van der Waals surface area contributed by atoms with Crippen LogP contribution in [0.2, 0.25) is 0 Å². The molecule has 44 heavy (non-hydrogen) atoms. The molecule has 0 aliphatic carbocycles. The summed E-state index contributed by atoms with van der Waals surface area (Å²) in [4.78, 5) is 8.08. The summed E-state index contributed by atoms with van der Waals surface area (Å²) in [5.41, 5.74) is 11.8. The summed E-state index contributed by atoms with van der Waals surface area (Å²) in [5, 5.41) is 5.08. The van der Waals surface area contributed by atoms with Crippen molar-refractivity contribution in [3.05, 3.63) is 107 Å². The van der Waals surface area contributed by atoms with Crippen LogP contribution in [0.5, 0.6) is 0 Å². The Bertz CT molecular complexity index is 1570. The van der Waals surface area contributed by atoms with E-state index < -0.39 is 0 Å². The molecule has 0 aliphatic heterocycles. The fourth-order valence-electron chi connectivity index (χ4n) is 6.85. The van der Waals surface area contributed by atoms with Gasteiger partial charge < -0.3 is 14.9 Å². The topological polar surface area (TPSA) is 45.6 Å². The number of hydrogen-bond acceptors (Lipinski definition) is 2. The zero-order chi connectivity index (χ0) is 30.7. The van der Waals surface area contributed by atoms with E-state index in [1.807, 2.05) is 18.5 Å². The number of nitrogens with one attached hydrogen (secondary N) is 2. The van der Waals surface area contributed by atoms with E-state index in [0.717, 1.165) is 38.3 Å². The van der Waals surface area contributed by atoms with Crippen LogP contribution in [0.4, 0.5) is 0 Å². The highest BCUT2D eigenvalue weighted by atomic mass is 15.0. The molecule has 232 valence electrons. The van der Waals surface area contributed by atoms with Crippen molar-refractivity contribution in [1.82, 2.24) is 19.9 Å². The van der Waals surface area contributed by atoms with E-state index in [1.165, 1.54) is 101 Å². The summed E-state index contributed by atoms with van der Waals surface area (Å²) in [5.74, 6) is 0.756. The van der Waals surface area contributed by atoms with E-state index in [1.54, 1.807) is 0 Å². The molecular weight excluding hydrogens is 536 g/mol. The number of aromatic amines is 1. The number of rotatable bonds is 17. The minimum absolute atomic E-state index is 0.756. The average molecular weight is 589 g/mol. The predicted molar refractivity (Wildman–Crippen MR) is 188 cm³/mol. The van der Waals surface area contributed by atoms with E-state index in [9.17, 15) is 0 Å². The molecular formula is C40H52N4. The van der Waals surface area contributed by atoms with Crippen LogP contribution >= 0.6 is 0 Å². The summed E-state index contributed by atoms with van der Waals surface area (Å²) in [6, 6.07) is 22.7. The van der Waals surface area contributed by atoms with Crippen LogP contribution in [0.3, 0.4) is 0 Å². The van der Waals surface area contributed by atoms with Crippen molar-refractivity contribution in [2.24, 2.45) is 5.92 Å². The van der Waals surface area contributed by atoms with Crippen LogP contribution in [-0.4, -0.2) is 27.6 Å². The lowest BCUT2D eigenvalue weighted by Crippen LogP contribution is -2.18. The summed E-state index contributed by atoms with van der Waals surface area (Å²) in [7, 11) is 0. The standard InChI is InChI=1S/C40H52N4/c1-5-7-13-32(12-6-2)27-35-16-11-23-44(35)36-17-18-39-38(28-36)37(40(43-39)34-25-30(3)24-31(4)26-34)19-22-41-20-9-8-14-33-15-10-21-42-29-33/h10-11,15-18,21,23-26,28-29,32,41,43H,5-9,12-14,19-20,22,27H2,1-4H3. The molecule has 0 aliphatic rings. The first-order valence-electron chi connectivity index (χ1n) is 17.0. The maximum Gasteiger partial charge on any atom is 0.0498 e. The molecule has 3 heterocycles. The highest BCUT2D eigenvalue weighted by Crippen LogP contribution is 2.34. The van der Waals surface area contributed by atoms with Crippen LogP contribution in [0.1, 0.15) is 86.7 Å². The smallest absolute Gasteiger partial charge is 0.0498 e. The molecule has 0 spiro atoms. The van der Waals surface area contributed by atoms with Crippen molar-refractivity contribution in [2.45, 2.75) is 91.9 Å². The van der Waals surface area contributed by atoms with Crippen LogP contribution in [0.15, 0.2) is 79.3 Å². The van der Waals surface area contributed by atoms with Crippen molar-refractivity contribution in [1.29, 1.82) is 0 Å². The fourth-order valence-corrected chi connectivity index (χ4v) is 6.85. The van der Waals surface area contributed by atoms with Crippen molar-refractivity contribution >= 4 is 10.9 Å². The van der Waals surface area contributed by atoms with Gasteiger partial charge in [0.15, 0.2) is 0 Å². The van der Waals surface area contributed by atoms with Crippen molar-refractivity contribution in [3.8, 4) is 16.9 Å². The molecule has 0 fully saturated rings.